The number of hydrogen-bond acceptors (Lipinski definition) is 4. The molecule has 4 atom stereocenters. The Hall–Kier alpha value is -1.47. The highest BCUT2D eigenvalue weighted by Crippen LogP contribution is 2.66. The summed E-state index contributed by atoms with van der Waals surface area (Å²) < 4.78 is 15.4. The van der Waals surface area contributed by atoms with Crippen molar-refractivity contribution in [2.45, 2.75) is 31.2 Å². The molecular weight excluding hydrogens is 255 g/mol. The number of aliphatic hydroxyl groups excluding tert-OH is 2. The average Bonchev–Trinajstić information content (AvgIpc) is 3.10. The average molecular weight is 270 g/mol. The van der Waals surface area contributed by atoms with Crippen LogP contribution in [-0.4, -0.2) is 38.6 Å². The highest BCUT2D eigenvalue weighted by atomic mass is 19.1. The van der Waals surface area contributed by atoms with E-state index in [1.807, 2.05) is 0 Å². The molecule has 2 fully saturated rings. The molecule has 2 aliphatic rings. The van der Waals surface area contributed by atoms with Crippen LogP contribution >= 0.6 is 0 Å². The van der Waals surface area contributed by atoms with Crippen LogP contribution in [0, 0.1) is 11.3 Å². The summed E-state index contributed by atoms with van der Waals surface area (Å²) >= 11 is 0. The Morgan fingerprint density at radius 1 is 1.47 bits per heavy atom. The van der Waals surface area contributed by atoms with Crippen molar-refractivity contribution < 1.29 is 14.6 Å². The lowest BCUT2D eigenvalue weighted by molar-refractivity contribution is 0.0327. The SMILES string of the molecule is O=c1ccn([C@H]2[C@@H](F)[C@H](O)[C@@H](CO)C23CC3)c(=O)[nH]1. The van der Waals surface area contributed by atoms with E-state index in [1.165, 1.54) is 6.20 Å². The molecule has 1 aromatic heterocycles. The van der Waals surface area contributed by atoms with E-state index < -0.39 is 40.9 Å². The molecule has 0 radical (unpaired) electrons. The summed E-state index contributed by atoms with van der Waals surface area (Å²) in [5.41, 5.74) is -1.80. The van der Waals surface area contributed by atoms with Crippen molar-refractivity contribution >= 4 is 0 Å². The lowest BCUT2D eigenvalue weighted by Crippen LogP contribution is -2.37. The number of halogens is 1. The zero-order chi connectivity index (χ0) is 13.8. The summed E-state index contributed by atoms with van der Waals surface area (Å²) in [6.07, 6.45) is -0.331. The molecule has 0 unspecified atom stereocenters. The van der Waals surface area contributed by atoms with Gasteiger partial charge in [0.2, 0.25) is 0 Å². The molecule has 2 aliphatic carbocycles. The van der Waals surface area contributed by atoms with Gasteiger partial charge < -0.3 is 10.2 Å². The number of aromatic amines is 1. The molecule has 3 N–H and O–H groups in total. The third-order valence-corrected chi connectivity index (χ3v) is 4.54. The molecule has 0 amide bonds. The van der Waals surface area contributed by atoms with Crippen molar-refractivity contribution in [1.82, 2.24) is 9.55 Å². The molecule has 7 heteroatoms. The maximum Gasteiger partial charge on any atom is 0.328 e. The molecule has 6 nitrogen and oxygen atoms in total. The van der Waals surface area contributed by atoms with Gasteiger partial charge >= 0.3 is 5.69 Å². The molecule has 19 heavy (non-hydrogen) atoms. The minimum absolute atomic E-state index is 0.309. The van der Waals surface area contributed by atoms with Gasteiger partial charge in [-0.3, -0.25) is 14.3 Å². The second-order valence-corrected chi connectivity index (χ2v) is 5.42. The summed E-state index contributed by atoms with van der Waals surface area (Å²) in [6, 6.07) is 0.326. The lowest BCUT2D eigenvalue weighted by Gasteiger charge is -2.24. The second-order valence-electron chi connectivity index (χ2n) is 5.42. The largest absolute Gasteiger partial charge is 0.396 e. The minimum atomic E-state index is -1.62. The Labute approximate surface area is 107 Å². The standard InChI is InChI=1S/C12H15FN2O4/c13-8-9(18)6(5-16)12(2-3-12)10(8)15-4-1-7(17)14-11(15)19/h1,4,6,8-10,16,18H,2-3,5H2,(H,14,17,19)/t6-,8+,9-,10+/m1/s1. The van der Waals surface area contributed by atoms with Gasteiger partial charge in [-0.1, -0.05) is 0 Å². The maximum absolute atomic E-state index is 14.3. The van der Waals surface area contributed by atoms with E-state index in [1.54, 1.807) is 0 Å². The molecule has 3 rings (SSSR count). The molecule has 0 aromatic carbocycles. The van der Waals surface area contributed by atoms with Crippen LogP contribution in [0.15, 0.2) is 21.9 Å². The highest BCUT2D eigenvalue weighted by Gasteiger charge is 2.67. The topological polar surface area (TPSA) is 95.3 Å². The lowest BCUT2D eigenvalue weighted by atomic mass is 9.90. The van der Waals surface area contributed by atoms with Crippen LogP contribution in [0.1, 0.15) is 18.9 Å². The van der Waals surface area contributed by atoms with Gasteiger partial charge in [0.25, 0.3) is 5.56 Å². The summed E-state index contributed by atoms with van der Waals surface area (Å²) in [5, 5.41) is 19.2. The summed E-state index contributed by atoms with van der Waals surface area (Å²) in [6.45, 7) is -0.309. The third kappa shape index (κ3) is 1.61. The first-order valence-corrected chi connectivity index (χ1v) is 6.26. The summed E-state index contributed by atoms with van der Waals surface area (Å²) in [7, 11) is 0. The van der Waals surface area contributed by atoms with Crippen molar-refractivity contribution in [1.29, 1.82) is 0 Å². The highest BCUT2D eigenvalue weighted by molar-refractivity contribution is 5.17. The Morgan fingerprint density at radius 2 is 2.16 bits per heavy atom. The number of hydrogen-bond donors (Lipinski definition) is 3. The first kappa shape index (κ1) is 12.6. The second kappa shape index (κ2) is 4.01. The van der Waals surface area contributed by atoms with Crippen molar-refractivity contribution in [2.75, 3.05) is 6.61 Å². The maximum atomic E-state index is 14.3. The van der Waals surface area contributed by atoms with Crippen molar-refractivity contribution in [3.63, 3.8) is 0 Å². The fourth-order valence-corrected chi connectivity index (χ4v) is 3.46. The molecule has 0 saturated heterocycles. The van der Waals surface area contributed by atoms with E-state index in [9.17, 15) is 24.2 Å². The van der Waals surface area contributed by atoms with E-state index >= 15 is 0 Å². The van der Waals surface area contributed by atoms with Crippen LogP contribution in [0.5, 0.6) is 0 Å². The number of aromatic nitrogens is 2. The van der Waals surface area contributed by atoms with E-state index in [0.29, 0.717) is 12.8 Å². The number of rotatable bonds is 2. The van der Waals surface area contributed by atoms with E-state index in [-0.39, 0.29) is 6.61 Å². The molecule has 104 valence electrons. The van der Waals surface area contributed by atoms with Crippen LogP contribution in [0.2, 0.25) is 0 Å². The minimum Gasteiger partial charge on any atom is -0.396 e. The van der Waals surface area contributed by atoms with Gasteiger partial charge in [-0.25, -0.2) is 9.18 Å². The van der Waals surface area contributed by atoms with Crippen LogP contribution < -0.4 is 11.2 Å². The Balaban J connectivity index is 2.09. The van der Waals surface area contributed by atoms with Gasteiger partial charge in [-0.15, -0.1) is 0 Å². The predicted octanol–water partition coefficient (Wildman–Crippen LogP) is -0.821. The molecule has 0 aliphatic heterocycles. The van der Waals surface area contributed by atoms with E-state index in [2.05, 4.69) is 4.98 Å². The van der Waals surface area contributed by atoms with Gasteiger partial charge in [0.05, 0.1) is 12.1 Å². The van der Waals surface area contributed by atoms with Gasteiger partial charge in [0.1, 0.15) is 6.17 Å². The van der Waals surface area contributed by atoms with Crippen LogP contribution in [0.25, 0.3) is 0 Å². The number of aliphatic hydroxyl groups is 2. The first-order chi connectivity index (χ1) is 9.01. The van der Waals surface area contributed by atoms with Crippen molar-refractivity contribution in [3.05, 3.63) is 33.1 Å². The number of nitrogens with one attached hydrogen (secondary N) is 1. The molecule has 0 bridgehead atoms. The van der Waals surface area contributed by atoms with Crippen LogP contribution in [-0.2, 0) is 0 Å². The van der Waals surface area contributed by atoms with Gasteiger partial charge in [0.15, 0.2) is 0 Å². The van der Waals surface area contributed by atoms with Crippen LogP contribution in [0.3, 0.4) is 0 Å². The summed E-state index contributed by atoms with van der Waals surface area (Å²) in [5.74, 6) is -0.564. The van der Waals surface area contributed by atoms with Gasteiger partial charge in [0, 0.05) is 30.2 Å². The fraction of sp³-hybridized carbons (Fsp3) is 0.667. The number of alkyl halides is 1. The van der Waals surface area contributed by atoms with Gasteiger partial charge in [-0.05, 0) is 12.8 Å². The fourth-order valence-electron chi connectivity index (χ4n) is 3.46. The van der Waals surface area contributed by atoms with Crippen molar-refractivity contribution in [2.24, 2.45) is 11.3 Å². The normalized spacial score (nSPS) is 35.7. The Bertz CT molecular complexity index is 606. The third-order valence-electron chi connectivity index (χ3n) is 4.54. The molecular formula is C12H15FN2O4. The molecule has 1 heterocycles. The monoisotopic (exact) mass is 270 g/mol. The number of nitrogens with zero attached hydrogens (tertiary/aromatic N) is 1. The Morgan fingerprint density at radius 3 is 2.68 bits per heavy atom. The Kier molecular flexibility index (Phi) is 2.65. The first-order valence-electron chi connectivity index (χ1n) is 6.26. The quantitative estimate of drug-likeness (QED) is 0.654. The molecule has 1 aromatic rings. The molecule has 2 saturated carbocycles. The zero-order valence-electron chi connectivity index (χ0n) is 10.1. The van der Waals surface area contributed by atoms with Gasteiger partial charge in [-0.2, -0.15) is 0 Å². The molecule has 1 spiro atoms. The zero-order valence-corrected chi connectivity index (χ0v) is 10.1. The smallest absolute Gasteiger partial charge is 0.328 e. The van der Waals surface area contributed by atoms with E-state index in [4.69, 9.17) is 0 Å². The van der Waals surface area contributed by atoms with E-state index in [0.717, 1.165) is 10.6 Å². The van der Waals surface area contributed by atoms with Crippen LogP contribution in [0.4, 0.5) is 4.39 Å². The summed E-state index contributed by atoms with van der Waals surface area (Å²) in [4.78, 5) is 24.9. The number of H-pyrrole nitrogens is 1. The van der Waals surface area contributed by atoms with Crippen molar-refractivity contribution in [3.8, 4) is 0 Å². The predicted molar refractivity (Wildman–Crippen MR) is 63.5 cm³/mol.